The molecule has 0 bridgehead atoms. The van der Waals surface area contributed by atoms with Gasteiger partial charge < -0.3 is 5.32 Å². The van der Waals surface area contributed by atoms with E-state index in [9.17, 15) is 4.79 Å². The van der Waals surface area contributed by atoms with Crippen LogP contribution in [0.3, 0.4) is 0 Å². The molecule has 110 valence electrons. The van der Waals surface area contributed by atoms with Crippen molar-refractivity contribution in [2.24, 2.45) is 5.92 Å². The molecule has 2 aromatic rings. The van der Waals surface area contributed by atoms with Crippen molar-refractivity contribution in [3.8, 4) is 0 Å². The standard InChI is InChI=1S/C16H19NO.C2H6.H2/c1-3-12(2)11-16(18)17-15-10-6-8-13-7-4-5-9-14(13)15;1-2;/h4-10,12H,3,11H2,1-2H3,(H,17,18);1-2H3;1H. The zero-order valence-corrected chi connectivity index (χ0v) is 12.9. The molecule has 2 aromatic carbocycles. The van der Waals surface area contributed by atoms with Gasteiger partial charge in [0.25, 0.3) is 0 Å². The molecular weight excluding hydrogens is 246 g/mol. The van der Waals surface area contributed by atoms with Crippen LogP contribution < -0.4 is 5.32 Å². The van der Waals surface area contributed by atoms with Crippen molar-refractivity contribution in [3.05, 3.63) is 42.5 Å². The second-order valence-electron chi connectivity index (χ2n) is 4.79. The third-order valence-electron chi connectivity index (χ3n) is 3.29. The Hall–Kier alpha value is -1.83. The molecule has 0 aliphatic carbocycles. The lowest BCUT2D eigenvalue weighted by atomic mass is 10.0. The van der Waals surface area contributed by atoms with Gasteiger partial charge in [-0.1, -0.05) is 70.5 Å². The first-order valence-corrected chi connectivity index (χ1v) is 7.48. The van der Waals surface area contributed by atoms with Crippen molar-refractivity contribution in [3.63, 3.8) is 0 Å². The molecule has 0 spiro atoms. The summed E-state index contributed by atoms with van der Waals surface area (Å²) in [6, 6.07) is 14.1. The molecule has 0 saturated heterocycles. The van der Waals surface area contributed by atoms with Gasteiger partial charge in [0.15, 0.2) is 0 Å². The van der Waals surface area contributed by atoms with E-state index >= 15 is 0 Å². The van der Waals surface area contributed by atoms with Gasteiger partial charge in [0, 0.05) is 18.9 Å². The number of benzene rings is 2. The second-order valence-corrected chi connectivity index (χ2v) is 4.79. The highest BCUT2D eigenvalue weighted by molar-refractivity contribution is 6.02. The third kappa shape index (κ3) is 4.37. The maximum absolute atomic E-state index is 11.9. The van der Waals surface area contributed by atoms with Gasteiger partial charge >= 0.3 is 0 Å². The minimum absolute atomic E-state index is 0. The van der Waals surface area contributed by atoms with Crippen LogP contribution in [0.2, 0.25) is 0 Å². The van der Waals surface area contributed by atoms with E-state index in [0.717, 1.165) is 22.9 Å². The van der Waals surface area contributed by atoms with Crippen LogP contribution >= 0.6 is 0 Å². The van der Waals surface area contributed by atoms with Crippen molar-refractivity contribution in [2.45, 2.75) is 40.5 Å². The lowest BCUT2D eigenvalue weighted by molar-refractivity contribution is -0.117. The largest absolute Gasteiger partial charge is 0.326 e. The first kappa shape index (κ1) is 16.2. The molecule has 0 aliphatic heterocycles. The number of carbonyl (C=O) groups is 1. The Labute approximate surface area is 123 Å². The lowest BCUT2D eigenvalue weighted by Gasteiger charge is -2.11. The Kier molecular flexibility index (Phi) is 6.78. The topological polar surface area (TPSA) is 29.1 Å². The molecule has 1 atom stereocenters. The van der Waals surface area contributed by atoms with Gasteiger partial charge in [-0.15, -0.1) is 0 Å². The molecule has 20 heavy (non-hydrogen) atoms. The van der Waals surface area contributed by atoms with E-state index in [1.807, 2.05) is 44.2 Å². The summed E-state index contributed by atoms with van der Waals surface area (Å²) in [5.74, 6) is 0.528. The average Bonchev–Trinajstić information content (AvgIpc) is 2.49. The zero-order chi connectivity index (χ0) is 15.0. The first-order valence-electron chi connectivity index (χ1n) is 7.48. The van der Waals surface area contributed by atoms with Crippen molar-refractivity contribution in [1.29, 1.82) is 0 Å². The van der Waals surface area contributed by atoms with Crippen LogP contribution in [-0.4, -0.2) is 5.91 Å². The van der Waals surface area contributed by atoms with Gasteiger partial charge in [0.05, 0.1) is 0 Å². The van der Waals surface area contributed by atoms with Crippen molar-refractivity contribution in [1.82, 2.24) is 0 Å². The summed E-state index contributed by atoms with van der Waals surface area (Å²) in [4.78, 5) is 11.9. The molecule has 0 saturated carbocycles. The average molecular weight is 273 g/mol. The number of nitrogens with one attached hydrogen (secondary N) is 1. The fourth-order valence-electron chi connectivity index (χ4n) is 2.00. The molecule has 2 rings (SSSR count). The summed E-state index contributed by atoms with van der Waals surface area (Å²) in [7, 11) is 0. The molecule has 1 amide bonds. The van der Waals surface area contributed by atoms with Gasteiger partial charge in [0.2, 0.25) is 5.91 Å². The second kappa shape index (κ2) is 8.36. The van der Waals surface area contributed by atoms with E-state index in [1.54, 1.807) is 0 Å². The Morgan fingerprint density at radius 2 is 1.80 bits per heavy atom. The lowest BCUT2D eigenvalue weighted by Crippen LogP contribution is -2.14. The monoisotopic (exact) mass is 273 g/mol. The van der Waals surface area contributed by atoms with Gasteiger partial charge in [-0.3, -0.25) is 4.79 Å². The molecule has 0 aromatic heterocycles. The van der Waals surface area contributed by atoms with E-state index in [4.69, 9.17) is 0 Å². The van der Waals surface area contributed by atoms with Crippen molar-refractivity contribution >= 4 is 22.4 Å². The molecule has 0 heterocycles. The SMILES string of the molecule is CC.CCC(C)CC(=O)Nc1cccc2ccccc12.[HH]. The molecule has 0 radical (unpaired) electrons. The molecule has 2 heteroatoms. The summed E-state index contributed by atoms with van der Waals surface area (Å²) in [5.41, 5.74) is 0.904. The fourth-order valence-corrected chi connectivity index (χ4v) is 2.00. The summed E-state index contributed by atoms with van der Waals surface area (Å²) in [5, 5.41) is 5.26. The smallest absolute Gasteiger partial charge is 0.224 e. The minimum Gasteiger partial charge on any atom is -0.326 e. The van der Waals surface area contributed by atoms with Crippen LogP contribution in [0.1, 0.15) is 42.0 Å². The molecule has 2 nitrogen and oxygen atoms in total. The van der Waals surface area contributed by atoms with Crippen LogP contribution in [0.5, 0.6) is 0 Å². The number of rotatable bonds is 4. The summed E-state index contributed by atoms with van der Waals surface area (Å²) >= 11 is 0. The van der Waals surface area contributed by atoms with Crippen LogP contribution in [0.4, 0.5) is 5.69 Å². The molecule has 1 unspecified atom stereocenters. The summed E-state index contributed by atoms with van der Waals surface area (Å²) in [6.45, 7) is 8.21. The molecular formula is C18H27NO. The van der Waals surface area contributed by atoms with Crippen molar-refractivity contribution < 1.29 is 6.22 Å². The van der Waals surface area contributed by atoms with Gasteiger partial charge in [-0.25, -0.2) is 0 Å². The van der Waals surface area contributed by atoms with Crippen LogP contribution in [-0.2, 0) is 4.79 Å². The number of amides is 1. The highest BCUT2D eigenvalue weighted by Crippen LogP contribution is 2.23. The summed E-state index contributed by atoms with van der Waals surface area (Å²) in [6.07, 6.45) is 1.61. The van der Waals surface area contributed by atoms with Gasteiger partial charge in [0.1, 0.15) is 0 Å². The maximum Gasteiger partial charge on any atom is 0.224 e. The van der Waals surface area contributed by atoms with Gasteiger partial charge in [-0.05, 0) is 17.4 Å². The Morgan fingerprint density at radius 3 is 2.50 bits per heavy atom. The number of hydrogen-bond acceptors (Lipinski definition) is 1. The normalized spacial score (nSPS) is 11.4. The predicted molar refractivity (Wildman–Crippen MR) is 90.1 cm³/mol. The van der Waals surface area contributed by atoms with E-state index in [2.05, 4.69) is 31.3 Å². The maximum atomic E-state index is 11.9. The van der Waals surface area contributed by atoms with E-state index < -0.39 is 0 Å². The molecule has 0 aliphatic rings. The third-order valence-corrected chi connectivity index (χ3v) is 3.29. The van der Waals surface area contributed by atoms with E-state index in [1.165, 1.54) is 0 Å². The van der Waals surface area contributed by atoms with Crippen LogP contribution in [0.25, 0.3) is 10.8 Å². The van der Waals surface area contributed by atoms with Gasteiger partial charge in [-0.2, -0.15) is 0 Å². The molecule has 0 fully saturated rings. The minimum atomic E-state index is 0. The van der Waals surface area contributed by atoms with E-state index in [-0.39, 0.29) is 7.33 Å². The first-order chi connectivity index (χ1) is 9.70. The Bertz CT molecular complexity index is 548. The number of hydrogen-bond donors (Lipinski definition) is 1. The Balaban J connectivity index is 0.00000128. The van der Waals surface area contributed by atoms with Crippen LogP contribution in [0.15, 0.2) is 42.5 Å². The highest BCUT2D eigenvalue weighted by Gasteiger charge is 2.08. The fraction of sp³-hybridized carbons (Fsp3) is 0.389. The number of anilines is 1. The van der Waals surface area contributed by atoms with E-state index in [0.29, 0.717) is 12.3 Å². The Morgan fingerprint density at radius 1 is 1.15 bits per heavy atom. The van der Waals surface area contributed by atoms with Crippen molar-refractivity contribution in [2.75, 3.05) is 5.32 Å². The zero-order valence-electron chi connectivity index (χ0n) is 12.9. The summed E-state index contributed by atoms with van der Waals surface area (Å²) < 4.78 is 0. The predicted octanol–water partition coefficient (Wildman–Crippen LogP) is 5.49. The highest BCUT2D eigenvalue weighted by atomic mass is 16.1. The number of carbonyl (C=O) groups excluding carboxylic acids is 1. The number of fused-ring (bicyclic) bond motifs is 1. The quantitative estimate of drug-likeness (QED) is 0.784. The van der Waals surface area contributed by atoms with Crippen LogP contribution in [0, 0.1) is 5.92 Å². The molecule has 1 N–H and O–H groups in total.